The van der Waals surface area contributed by atoms with Crippen LogP contribution in [0.5, 0.6) is 0 Å². The van der Waals surface area contributed by atoms with Crippen molar-refractivity contribution in [1.29, 1.82) is 0 Å². The van der Waals surface area contributed by atoms with E-state index >= 15 is 0 Å². The standard InChI is InChI=1S/C11H10N6OS/c12-11-14-10(18)9(19-11)5-7-2-1-3-8(4-7)17-6-13-15-16-17/h1-4,6,9H,5H2,(H2,12,14,18). The third-order valence-electron chi connectivity index (χ3n) is 2.70. The van der Waals surface area contributed by atoms with Gasteiger partial charge in [0.1, 0.15) is 6.33 Å². The number of amides is 1. The SMILES string of the molecule is NC1=NC(=O)C(Cc2cccc(-n3cnnn3)c2)S1. The van der Waals surface area contributed by atoms with E-state index in [1.165, 1.54) is 18.1 Å². The summed E-state index contributed by atoms with van der Waals surface area (Å²) in [6.07, 6.45) is 2.11. The fourth-order valence-corrected chi connectivity index (χ4v) is 2.72. The molecule has 0 saturated heterocycles. The molecule has 0 spiro atoms. The number of tetrazole rings is 1. The first kappa shape index (κ1) is 11.8. The molecule has 19 heavy (non-hydrogen) atoms. The third kappa shape index (κ3) is 2.48. The number of hydrogen-bond acceptors (Lipinski definition) is 6. The number of thioether (sulfide) groups is 1. The van der Waals surface area contributed by atoms with Gasteiger partial charge in [0.05, 0.1) is 10.9 Å². The fourth-order valence-electron chi connectivity index (χ4n) is 1.85. The molecule has 96 valence electrons. The first-order chi connectivity index (χ1) is 9.22. The van der Waals surface area contributed by atoms with E-state index in [1.54, 1.807) is 4.68 Å². The number of carbonyl (C=O) groups is 1. The monoisotopic (exact) mass is 274 g/mol. The molecule has 1 aliphatic heterocycles. The molecule has 7 nitrogen and oxygen atoms in total. The molecule has 0 saturated carbocycles. The molecule has 2 heterocycles. The fraction of sp³-hybridized carbons (Fsp3) is 0.182. The Morgan fingerprint density at radius 1 is 1.42 bits per heavy atom. The van der Waals surface area contributed by atoms with Gasteiger partial charge >= 0.3 is 0 Å². The molecule has 0 bridgehead atoms. The van der Waals surface area contributed by atoms with E-state index in [-0.39, 0.29) is 11.2 Å². The second kappa shape index (κ2) is 4.81. The molecule has 0 fully saturated rings. The molecule has 0 aliphatic carbocycles. The van der Waals surface area contributed by atoms with Crippen LogP contribution in [0.1, 0.15) is 5.56 Å². The van der Waals surface area contributed by atoms with Gasteiger partial charge in [-0.2, -0.15) is 4.99 Å². The highest BCUT2D eigenvalue weighted by Gasteiger charge is 2.27. The van der Waals surface area contributed by atoms with Gasteiger partial charge in [-0.25, -0.2) is 4.68 Å². The van der Waals surface area contributed by atoms with Crippen molar-refractivity contribution in [2.24, 2.45) is 10.7 Å². The number of benzene rings is 1. The lowest BCUT2D eigenvalue weighted by atomic mass is 10.1. The Morgan fingerprint density at radius 3 is 3.00 bits per heavy atom. The summed E-state index contributed by atoms with van der Waals surface area (Å²) < 4.78 is 1.57. The molecule has 2 N–H and O–H groups in total. The molecule has 1 amide bonds. The molecule has 8 heteroatoms. The Labute approximate surface area is 112 Å². The largest absolute Gasteiger partial charge is 0.378 e. The minimum atomic E-state index is -0.232. The summed E-state index contributed by atoms with van der Waals surface area (Å²) in [5.74, 6) is -0.171. The maximum atomic E-state index is 11.6. The van der Waals surface area contributed by atoms with E-state index in [2.05, 4.69) is 20.5 Å². The summed E-state index contributed by atoms with van der Waals surface area (Å²) in [5.41, 5.74) is 7.41. The normalized spacial score (nSPS) is 18.6. The van der Waals surface area contributed by atoms with Gasteiger partial charge in [0.15, 0.2) is 5.17 Å². The minimum Gasteiger partial charge on any atom is -0.378 e. The van der Waals surface area contributed by atoms with Crippen molar-refractivity contribution in [3.8, 4) is 5.69 Å². The van der Waals surface area contributed by atoms with Gasteiger partial charge in [-0.1, -0.05) is 23.9 Å². The Hall–Kier alpha value is -2.22. The summed E-state index contributed by atoms with van der Waals surface area (Å²) >= 11 is 1.30. The minimum absolute atomic E-state index is 0.171. The first-order valence-electron chi connectivity index (χ1n) is 5.59. The van der Waals surface area contributed by atoms with E-state index in [4.69, 9.17) is 5.73 Å². The molecule has 1 unspecified atom stereocenters. The maximum Gasteiger partial charge on any atom is 0.261 e. The zero-order valence-electron chi connectivity index (χ0n) is 9.80. The van der Waals surface area contributed by atoms with Crippen molar-refractivity contribution < 1.29 is 4.79 Å². The highest BCUT2D eigenvalue weighted by Crippen LogP contribution is 2.24. The summed E-state index contributed by atoms with van der Waals surface area (Å²) in [6, 6.07) is 7.70. The molecule has 2 aromatic rings. The van der Waals surface area contributed by atoms with Gasteiger partial charge in [-0.3, -0.25) is 4.79 Å². The van der Waals surface area contributed by atoms with Crippen molar-refractivity contribution in [2.45, 2.75) is 11.7 Å². The highest BCUT2D eigenvalue weighted by atomic mass is 32.2. The number of hydrogen-bond donors (Lipinski definition) is 1. The molecule has 1 aliphatic rings. The molecule has 3 rings (SSSR count). The zero-order chi connectivity index (χ0) is 13.2. The number of nitrogens with two attached hydrogens (primary N) is 1. The van der Waals surface area contributed by atoms with Crippen LogP contribution in [0.2, 0.25) is 0 Å². The van der Waals surface area contributed by atoms with Gasteiger partial charge < -0.3 is 5.73 Å². The van der Waals surface area contributed by atoms with Crippen LogP contribution in [0.25, 0.3) is 5.69 Å². The average Bonchev–Trinajstić information content (AvgIpc) is 3.01. The summed E-state index contributed by atoms with van der Waals surface area (Å²) in [7, 11) is 0. The zero-order valence-corrected chi connectivity index (χ0v) is 10.6. The van der Waals surface area contributed by atoms with Crippen LogP contribution in [0.15, 0.2) is 35.6 Å². The first-order valence-corrected chi connectivity index (χ1v) is 6.47. The number of carbonyl (C=O) groups excluding carboxylic acids is 1. The van der Waals surface area contributed by atoms with Gasteiger partial charge in [0.25, 0.3) is 5.91 Å². The Bertz CT molecular complexity index is 638. The Kier molecular flexibility index (Phi) is 3.00. The van der Waals surface area contributed by atoms with Crippen molar-refractivity contribution in [1.82, 2.24) is 20.2 Å². The number of rotatable bonds is 3. The van der Waals surface area contributed by atoms with Gasteiger partial charge in [0.2, 0.25) is 0 Å². The van der Waals surface area contributed by atoms with Crippen LogP contribution >= 0.6 is 11.8 Å². The van der Waals surface area contributed by atoms with Gasteiger partial charge in [-0.15, -0.1) is 5.10 Å². The third-order valence-corrected chi connectivity index (χ3v) is 3.69. The number of amidine groups is 1. The van der Waals surface area contributed by atoms with Crippen molar-refractivity contribution >= 4 is 22.8 Å². The van der Waals surface area contributed by atoms with E-state index in [0.29, 0.717) is 11.6 Å². The summed E-state index contributed by atoms with van der Waals surface area (Å²) in [6.45, 7) is 0. The van der Waals surface area contributed by atoms with Crippen LogP contribution in [0.4, 0.5) is 0 Å². The smallest absolute Gasteiger partial charge is 0.261 e. The van der Waals surface area contributed by atoms with E-state index < -0.39 is 0 Å². The van der Waals surface area contributed by atoms with Crippen LogP contribution in [-0.2, 0) is 11.2 Å². The van der Waals surface area contributed by atoms with Gasteiger partial charge in [0, 0.05) is 0 Å². The predicted molar refractivity (Wildman–Crippen MR) is 70.9 cm³/mol. The van der Waals surface area contributed by atoms with Crippen molar-refractivity contribution in [2.75, 3.05) is 0 Å². The van der Waals surface area contributed by atoms with E-state index in [9.17, 15) is 4.79 Å². The van der Waals surface area contributed by atoms with E-state index in [0.717, 1.165) is 11.3 Å². The molecule has 1 aromatic carbocycles. The Balaban J connectivity index is 1.79. The average molecular weight is 274 g/mol. The van der Waals surface area contributed by atoms with Crippen molar-refractivity contribution in [3.05, 3.63) is 36.2 Å². The maximum absolute atomic E-state index is 11.6. The summed E-state index contributed by atoms with van der Waals surface area (Å²) in [4.78, 5) is 15.3. The lowest BCUT2D eigenvalue weighted by Crippen LogP contribution is -2.14. The number of aliphatic imine (C=N–C) groups is 1. The second-order valence-electron chi connectivity index (χ2n) is 4.02. The lowest BCUT2D eigenvalue weighted by Gasteiger charge is -2.07. The molecule has 1 atom stereocenters. The van der Waals surface area contributed by atoms with Crippen LogP contribution in [-0.4, -0.2) is 36.5 Å². The van der Waals surface area contributed by atoms with Crippen LogP contribution < -0.4 is 5.73 Å². The van der Waals surface area contributed by atoms with Crippen molar-refractivity contribution in [3.63, 3.8) is 0 Å². The predicted octanol–water partition coefficient (Wildman–Crippen LogP) is 0.161. The Morgan fingerprint density at radius 2 is 2.32 bits per heavy atom. The molecule has 0 radical (unpaired) electrons. The van der Waals surface area contributed by atoms with Crippen LogP contribution in [0, 0.1) is 0 Å². The topological polar surface area (TPSA) is 99.0 Å². The highest BCUT2D eigenvalue weighted by molar-refractivity contribution is 8.15. The molecular formula is C11H10N6OS. The van der Waals surface area contributed by atoms with Crippen LogP contribution in [0.3, 0.4) is 0 Å². The number of nitrogens with zero attached hydrogens (tertiary/aromatic N) is 5. The molecule has 1 aromatic heterocycles. The summed E-state index contributed by atoms with van der Waals surface area (Å²) in [5, 5.41) is 11.1. The quantitative estimate of drug-likeness (QED) is 0.856. The van der Waals surface area contributed by atoms with E-state index in [1.807, 2.05) is 24.3 Å². The second-order valence-corrected chi connectivity index (χ2v) is 5.25. The number of aromatic nitrogens is 4. The van der Waals surface area contributed by atoms with Gasteiger partial charge in [-0.05, 0) is 34.5 Å². The lowest BCUT2D eigenvalue weighted by molar-refractivity contribution is -0.117. The molecular weight excluding hydrogens is 264 g/mol.